The fraction of sp³-hybridized carbons (Fsp3) is 0.294. The molecular formula is C17H21NO3S. The minimum atomic E-state index is -3.32. The monoisotopic (exact) mass is 319 g/mol. The van der Waals surface area contributed by atoms with Gasteiger partial charge in [-0.15, -0.1) is 0 Å². The van der Waals surface area contributed by atoms with E-state index < -0.39 is 10.0 Å². The molecule has 0 aliphatic heterocycles. The number of benzene rings is 2. The first-order chi connectivity index (χ1) is 10.5. The first kappa shape index (κ1) is 16.5. The third kappa shape index (κ3) is 4.86. The molecule has 0 unspecified atom stereocenters. The van der Waals surface area contributed by atoms with Crippen molar-refractivity contribution in [3.63, 3.8) is 0 Å². The molecule has 0 heterocycles. The van der Waals surface area contributed by atoms with Crippen LogP contribution in [0.25, 0.3) is 0 Å². The topological polar surface area (TPSA) is 46.6 Å². The van der Waals surface area contributed by atoms with Crippen LogP contribution >= 0.6 is 0 Å². The van der Waals surface area contributed by atoms with Gasteiger partial charge < -0.3 is 4.74 Å². The molecule has 118 valence electrons. The average molecular weight is 319 g/mol. The van der Waals surface area contributed by atoms with Crippen molar-refractivity contribution in [3.05, 3.63) is 65.7 Å². The van der Waals surface area contributed by atoms with E-state index in [9.17, 15) is 8.42 Å². The lowest BCUT2D eigenvalue weighted by atomic mass is 10.2. The van der Waals surface area contributed by atoms with Gasteiger partial charge in [0.2, 0.25) is 10.0 Å². The number of aryl methyl sites for hydroxylation is 1. The summed E-state index contributed by atoms with van der Waals surface area (Å²) in [4.78, 5) is 0. The molecule has 0 saturated carbocycles. The van der Waals surface area contributed by atoms with Crippen LogP contribution in [0.4, 0.5) is 0 Å². The SMILES string of the molecule is Cc1cccc(OCCN(C)S(=O)(=O)Cc2ccccc2)c1. The Balaban J connectivity index is 1.87. The Morgan fingerprint density at radius 1 is 1.05 bits per heavy atom. The highest BCUT2D eigenvalue weighted by atomic mass is 32.2. The maximum atomic E-state index is 12.3. The van der Waals surface area contributed by atoms with Crippen molar-refractivity contribution >= 4 is 10.0 Å². The molecule has 2 aromatic rings. The Labute approximate surface area is 132 Å². The lowest BCUT2D eigenvalue weighted by Gasteiger charge is -2.17. The van der Waals surface area contributed by atoms with Gasteiger partial charge in [-0.3, -0.25) is 0 Å². The molecule has 0 aliphatic rings. The molecule has 0 spiro atoms. The Hall–Kier alpha value is -1.85. The number of nitrogens with zero attached hydrogens (tertiary/aromatic N) is 1. The molecule has 0 bridgehead atoms. The molecule has 2 rings (SSSR count). The van der Waals surface area contributed by atoms with E-state index in [2.05, 4.69) is 0 Å². The van der Waals surface area contributed by atoms with E-state index in [1.165, 1.54) is 4.31 Å². The molecular weight excluding hydrogens is 298 g/mol. The Bertz CT molecular complexity index is 699. The normalized spacial score (nSPS) is 11.6. The van der Waals surface area contributed by atoms with Crippen LogP contribution in [0.15, 0.2) is 54.6 Å². The van der Waals surface area contributed by atoms with Crippen LogP contribution in [0.3, 0.4) is 0 Å². The summed E-state index contributed by atoms with van der Waals surface area (Å²) in [6.45, 7) is 2.64. The molecule has 4 nitrogen and oxygen atoms in total. The van der Waals surface area contributed by atoms with Gasteiger partial charge in [0.1, 0.15) is 12.4 Å². The highest BCUT2D eigenvalue weighted by Crippen LogP contribution is 2.13. The van der Waals surface area contributed by atoms with Crippen molar-refractivity contribution in [3.8, 4) is 5.75 Å². The number of ether oxygens (including phenoxy) is 1. The van der Waals surface area contributed by atoms with Gasteiger partial charge in [-0.2, -0.15) is 0 Å². The second kappa shape index (κ2) is 7.42. The Kier molecular flexibility index (Phi) is 5.57. The summed E-state index contributed by atoms with van der Waals surface area (Å²) in [5.74, 6) is 0.767. The minimum Gasteiger partial charge on any atom is -0.492 e. The standard InChI is InChI=1S/C17H21NO3S/c1-15-7-6-10-17(13-15)21-12-11-18(2)22(19,20)14-16-8-4-3-5-9-16/h3-10,13H,11-12,14H2,1-2H3. The predicted molar refractivity (Wildman–Crippen MR) is 88.4 cm³/mol. The number of rotatable bonds is 7. The van der Waals surface area contributed by atoms with Gasteiger partial charge in [0.15, 0.2) is 0 Å². The molecule has 0 amide bonds. The van der Waals surface area contributed by atoms with E-state index >= 15 is 0 Å². The molecule has 0 aliphatic carbocycles. The van der Waals surface area contributed by atoms with Crippen LogP contribution in [0.2, 0.25) is 0 Å². The van der Waals surface area contributed by atoms with Gasteiger partial charge in [-0.05, 0) is 30.2 Å². The summed E-state index contributed by atoms with van der Waals surface area (Å²) in [5.41, 5.74) is 1.90. The van der Waals surface area contributed by atoms with E-state index in [1.54, 1.807) is 7.05 Å². The van der Waals surface area contributed by atoms with Crippen LogP contribution in [0.1, 0.15) is 11.1 Å². The zero-order valence-corrected chi connectivity index (χ0v) is 13.7. The van der Waals surface area contributed by atoms with Crippen molar-refractivity contribution in [2.75, 3.05) is 20.2 Å². The highest BCUT2D eigenvalue weighted by Gasteiger charge is 2.18. The predicted octanol–water partition coefficient (Wildman–Crippen LogP) is 2.84. The van der Waals surface area contributed by atoms with Gasteiger partial charge in [0.25, 0.3) is 0 Å². The maximum absolute atomic E-state index is 12.3. The van der Waals surface area contributed by atoms with Gasteiger partial charge in [-0.25, -0.2) is 12.7 Å². The van der Waals surface area contributed by atoms with Crippen molar-refractivity contribution < 1.29 is 13.2 Å². The lowest BCUT2D eigenvalue weighted by Crippen LogP contribution is -2.32. The van der Waals surface area contributed by atoms with E-state index in [4.69, 9.17) is 4.74 Å². The maximum Gasteiger partial charge on any atom is 0.218 e. The number of likely N-dealkylation sites (N-methyl/N-ethyl adjacent to an activating group) is 1. The zero-order valence-electron chi connectivity index (χ0n) is 12.9. The highest BCUT2D eigenvalue weighted by molar-refractivity contribution is 7.88. The first-order valence-corrected chi connectivity index (χ1v) is 8.76. The second-order valence-corrected chi connectivity index (χ2v) is 7.30. The molecule has 22 heavy (non-hydrogen) atoms. The largest absolute Gasteiger partial charge is 0.492 e. The van der Waals surface area contributed by atoms with E-state index in [1.807, 2.05) is 61.5 Å². The number of hydrogen-bond donors (Lipinski definition) is 0. The third-order valence-electron chi connectivity index (χ3n) is 3.33. The second-order valence-electron chi connectivity index (χ2n) is 5.23. The summed E-state index contributed by atoms with van der Waals surface area (Å²) in [7, 11) is -1.74. The molecule has 5 heteroatoms. The average Bonchev–Trinajstić information content (AvgIpc) is 2.48. The molecule has 0 N–H and O–H groups in total. The molecule has 2 aromatic carbocycles. The van der Waals surface area contributed by atoms with Crippen LogP contribution < -0.4 is 4.74 Å². The summed E-state index contributed by atoms with van der Waals surface area (Å²) >= 11 is 0. The minimum absolute atomic E-state index is 0.00872. The van der Waals surface area contributed by atoms with E-state index in [0.29, 0.717) is 13.2 Å². The van der Waals surface area contributed by atoms with Gasteiger partial charge >= 0.3 is 0 Å². The van der Waals surface area contributed by atoms with Crippen LogP contribution in [-0.4, -0.2) is 32.9 Å². The van der Waals surface area contributed by atoms with Crippen molar-refractivity contribution in [2.24, 2.45) is 0 Å². The van der Waals surface area contributed by atoms with Crippen molar-refractivity contribution in [2.45, 2.75) is 12.7 Å². The summed E-state index contributed by atoms with van der Waals surface area (Å²) in [5, 5.41) is 0. The third-order valence-corrected chi connectivity index (χ3v) is 5.16. The number of hydrogen-bond acceptors (Lipinski definition) is 3. The van der Waals surface area contributed by atoms with Crippen molar-refractivity contribution in [1.82, 2.24) is 4.31 Å². The van der Waals surface area contributed by atoms with Crippen molar-refractivity contribution in [1.29, 1.82) is 0 Å². The fourth-order valence-corrected chi connectivity index (χ4v) is 3.22. The molecule has 0 fully saturated rings. The summed E-state index contributed by atoms with van der Waals surface area (Å²) < 4.78 is 31.5. The first-order valence-electron chi connectivity index (χ1n) is 7.15. The van der Waals surface area contributed by atoms with E-state index in [0.717, 1.165) is 16.9 Å². The summed E-state index contributed by atoms with van der Waals surface area (Å²) in [6.07, 6.45) is 0. The fourth-order valence-electron chi connectivity index (χ4n) is 2.03. The van der Waals surface area contributed by atoms with Crippen LogP contribution in [0, 0.1) is 6.92 Å². The Morgan fingerprint density at radius 3 is 2.45 bits per heavy atom. The molecule has 0 aromatic heterocycles. The quantitative estimate of drug-likeness (QED) is 0.788. The van der Waals surface area contributed by atoms with Crippen LogP contribution in [-0.2, 0) is 15.8 Å². The van der Waals surface area contributed by atoms with Gasteiger partial charge in [-0.1, -0.05) is 42.5 Å². The summed E-state index contributed by atoms with van der Waals surface area (Å²) in [6, 6.07) is 16.9. The smallest absolute Gasteiger partial charge is 0.218 e. The van der Waals surface area contributed by atoms with Crippen LogP contribution in [0.5, 0.6) is 5.75 Å². The molecule has 0 saturated heterocycles. The van der Waals surface area contributed by atoms with E-state index in [-0.39, 0.29) is 5.75 Å². The molecule has 0 atom stereocenters. The molecule has 0 radical (unpaired) electrons. The zero-order chi connectivity index (χ0) is 16.0. The number of sulfonamides is 1. The Morgan fingerprint density at radius 2 is 1.77 bits per heavy atom. The lowest BCUT2D eigenvalue weighted by molar-refractivity contribution is 0.286. The van der Waals surface area contributed by atoms with Gasteiger partial charge in [0, 0.05) is 13.6 Å². The van der Waals surface area contributed by atoms with Gasteiger partial charge in [0.05, 0.1) is 5.75 Å².